The van der Waals surface area contributed by atoms with Gasteiger partial charge in [0.15, 0.2) is 0 Å². The van der Waals surface area contributed by atoms with E-state index >= 15 is 0 Å². The number of hydrogen-bond acceptors (Lipinski definition) is 2. The van der Waals surface area contributed by atoms with Crippen LogP contribution in [-0.4, -0.2) is 61.3 Å². The van der Waals surface area contributed by atoms with Gasteiger partial charge in [0.1, 0.15) is 6.54 Å². The number of nitrogens with one attached hydrogen (secondary N) is 1. The molecule has 1 fully saturated rings. The molecule has 2 amide bonds. The van der Waals surface area contributed by atoms with Gasteiger partial charge >= 0.3 is 12.2 Å². The first-order valence-electron chi connectivity index (χ1n) is 5.25. The van der Waals surface area contributed by atoms with Gasteiger partial charge in [0, 0.05) is 32.7 Å². The van der Waals surface area contributed by atoms with Gasteiger partial charge in [-0.2, -0.15) is 13.2 Å². The van der Waals surface area contributed by atoms with Crippen LogP contribution in [0.2, 0.25) is 0 Å². The van der Waals surface area contributed by atoms with Crippen molar-refractivity contribution in [2.75, 3.05) is 39.3 Å². The molecular weight excluding hydrogens is 223 g/mol. The van der Waals surface area contributed by atoms with Crippen LogP contribution in [0.15, 0.2) is 0 Å². The minimum atomic E-state index is -4.33. The first kappa shape index (κ1) is 13.1. The summed E-state index contributed by atoms with van der Waals surface area (Å²) in [4.78, 5) is 14.0. The Morgan fingerprint density at radius 1 is 1.38 bits per heavy atom. The Kier molecular flexibility index (Phi) is 4.40. The molecule has 0 unspecified atom stereocenters. The molecule has 1 heterocycles. The monoisotopic (exact) mass is 239 g/mol. The Bertz CT molecular complexity index is 239. The van der Waals surface area contributed by atoms with Crippen molar-refractivity contribution in [1.29, 1.82) is 0 Å². The van der Waals surface area contributed by atoms with E-state index in [1.54, 1.807) is 6.92 Å². The van der Waals surface area contributed by atoms with Gasteiger partial charge in [-0.15, -0.1) is 0 Å². The van der Waals surface area contributed by atoms with Crippen molar-refractivity contribution in [3.63, 3.8) is 0 Å². The summed E-state index contributed by atoms with van der Waals surface area (Å²) >= 11 is 0. The molecule has 1 saturated heterocycles. The van der Waals surface area contributed by atoms with Gasteiger partial charge in [0.25, 0.3) is 0 Å². The molecule has 1 N–H and O–H groups in total. The second-order valence-corrected chi connectivity index (χ2v) is 3.65. The second kappa shape index (κ2) is 5.38. The van der Waals surface area contributed by atoms with E-state index in [9.17, 15) is 18.0 Å². The van der Waals surface area contributed by atoms with E-state index in [-0.39, 0.29) is 6.54 Å². The number of hydrogen-bond donors (Lipinski definition) is 1. The van der Waals surface area contributed by atoms with E-state index < -0.39 is 18.8 Å². The Hall–Kier alpha value is -0.980. The zero-order valence-corrected chi connectivity index (χ0v) is 9.18. The molecule has 0 saturated carbocycles. The molecule has 7 heteroatoms. The summed E-state index contributed by atoms with van der Waals surface area (Å²) in [7, 11) is 0. The van der Waals surface area contributed by atoms with E-state index in [4.69, 9.17) is 0 Å². The highest BCUT2D eigenvalue weighted by atomic mass is 19.4. The zero-order valence-electron chi connectivity index (χ0n) is 9.18. The third-order valence-electron chi connectivity index (χ3n) is 2.41. The van der Waals surface area contributed by atoms with Gasteiger partial charge in [-0.3, -0.25) is 0 Å². The Labute approximate surface area is 92.4 Å². The third kappa shape index (κ3) is 3.88. The van der Waals surface area contributed by atoms with Gasteiger partial charge in [-0.25, -0.2) is 4.79 Å². The number of carbonyl (C=O) groups is 1. The van der Waals surface area contributed by atoms with E-state index in [2.05, 4.69) is 5.32 Å². The maximum absolute atomic E-state index is 12.2. The number of rotatable bonds is 2. The smallest absolute Gasteiger partial charge is 0.322 e. The van der Waals surface area contributed by atoms with Crippen molar-refractivity contribution in [2.24, 2.45) is 0 Å². The number of urea groups is 1. The molecule has 0 aromatic heterocycles. The van der Waals surface area contributed by atoms with Crippen LogP contribution in [0.4, 0.5) is 18.0 Å². The fraction of sp³-hybridized carbons (Fsp3) is 0.889. The van der Waals surface area contributed by atoms with E-state index in [1.807, 2.05) is 0 Å². The number of alkyl halides is 3. The van der Waals surface area contributed by atoms with Crippen LogP contribution < -0.4 is 5.32 Å². The van der Waals surface area contributed by atoms with Gasteiger partial charge in [0.2, 0.25) is 0 Å². The quantitative estimate of drug-likeness (QED) is 0.777. The van der Waals surface area contributed by atoms with Crippen LogP contribution in [0.25, 0.3) is 0 Å². The molecule has 4 nitrogen and oxygen atoms in total. The standard InChI is InChI=1S/C9H16F3N3O/c1-2-14(7-9(10,11)12)8(16)15-5-3-13-4-6-15/h13H,2-7H2,1H3. The van der Waals surface area contributed by atoms with E-state index in [1.165, 1.54) is 4.90 Å². The molecule has 1 rings (SSSR count). The van der Waals surface area contributed by atoms with Gasteiger partial charge in [-0.05, 0) is 6.92 Å². The topological polar surface area (TPSA) is 35.6 Å². The summed E-state index contributed by atoms with van der Waals surface area (Å²) < 4.78 is 36.6. The highest BCUT2D eigenvalue weighted by molar-refractivity contribution is 5.74. The summed E-state index contributed by atoms with van der Waals surface area (Å²) in [6.07, 6.45) is -4.33. The largest absolute Gasteiger partial charge is 0.406 e. The molecule has 0 radical (unpaired) electrons. The van der Waals surface area contributed by atoms with Crippen molar-refractivity contribution in [3.05, 3.63) is 0 Å². The average molecular weight is 239 g/mol. The number of carbonyl (C=O) groups excluding carboxylic acids is 1. The second-order valence-electron chi connectivity index (χ2n) is 3.65. The maximum Gasteiger partial charge on any atom is 0.406 e. The lowest BCUT2D eigenvalue weighted by molar-refractivity contribution is -0.140. The highest BCUT2D eigenvalue weighted by Gasteiger charge is 2.34. The molecule has 0 aromatic carbocycles. The summed E-state index contributed by atoms with van der Waals surface area (Å²) in [5.74, 6) is 0. The van der Waals surface area contributed by atoms with Crippen LogP contribution in [0.3, 0.4) is 0 Å². The number of nitrogens with zero attached hydrogens (tertiary/aromatic N) is 2. The van der Waals surface area contributed by atoms with Crippen molar-refractivity contribution < 1.29 is 18.0 Å². The first-order chi connectivity index (χ1) is 7.44. The highest BCUT2D eigenvalue weighted by Crippen LogP contribution is 2.17. The van der Waals surface area contributed by atoms with Crippen molar-refractivity contribution in [2.45, 2.75) is 13.1 Å². The van der Waals surface area contributed by atoms with Crippen molar-refractivity contribution in [1.82, 2.24) is 15.1 Å². The predicted molar refractivity (Wildman–Crippen MR) is 53.1 cm³/mol. The summed E-state index contributed by atoms with van der Waals surface area (Å²) in [6, 6.07) is -0.527. The molecule has 0 aromatic rings. The lowest BCUT2D eigenvalue weighted by atomic mass is 10.3. The Morgan fingerprint density at radius 3 is 2.38 bits per heavy atom. The molecule has 16 heavy (non-hydrogen) atoms. The minimum Gasteiger partial charge on any atom is -0.322 e. The van der Waals surface area contributed by atoms with Crippen LogP contribution in [-0.2, 0) is 0 Å². The molecule has 0 atom stereocenters. The Balaban J connectivity index is 2.54. The SMILES string of the molecule is CCN(CC(F)(F)F)C(=O)N1CCNCC1. The Morgan fingerprint density at radius 2 is 1.94 bits per heavy atom. The number of halogens is 3. The van der Waals surface area contributed by atoms with Crippen LogP contribution in [0.1, 0.15) is 6.92 Å². The first-order valence-corrected chi connectivity index (χ1v) is 5.25. The van der Waals surface area contributed by atoms with E-state index in [0.29, 0.717) is 26.2 Å². The fourth-order valence-electron chi connectivity index (χ4n) is 1.59. The van der Waals surface area contributed by atoms with Crippen LogP contribution in [0.5, 0.6) is 0 Å². The van der Waals surface area contributed by atoms with Gasteiger partial charge < -0.3 is 15.1 Å². The molecule has 94 valence electrons. The van der Waals surface area contributed by atoms with Crippen molar-refractivity contribution in [3.8, 4) is 0 Å². The number of amides is 2. The molecule has 1 aliphatic rings. The van der Waals surface area contributed by atoms with Crippen molar-refractivity contribution >= 4 is 6.03 Å². The lowest BCUT2D eigenvalue weighted by Crippen LogP contribution is -2.53. The third-order valence-corrected chi connectivity index (χ3v) is 2.41. The fourth-order valence-corrected chi connectivity index (χ4v) is 1.59. The lowest BCUT2D eigenvalue weighted by Gasteiger charge is -2.33. The molecule has 0 spiro atoms. The maximum atomic E-state index is 12.2. The number of piperazine rings is 1. The van der Waals surface area contributed by atoms with Gasteiger partial charge in [0.05, 0.1) is 0 Å². The normalized spacial score (nSPS) is 17.4. The van der Waals surface area contributed by atoms with Crippen LogP contribution >= 0.6 is 0 Å². The molecular formula is C9H16F3N3O. The summed E-state index contributed by atoms with van der Waals surface area (Å²) in [5.41, 5.74) is 0. The summed E-state index contributed by atoms with van der Waals surface area (Å²) in [6.45, 7) is 2.64. The molecule has 0 aliphatic carbocycles. The molecule has 1 aliphatic heterocycles. The van der Waals surface area contributed by atoms with Gasteiger partial charge in [-0.1, -0.05) is 0 Å². The minimum absolute atomic E-state index is 0.0717. The molecule has 0 bridgehead atoms. The van der Waals surface area contributed by atoms with E-state index in [0.717, 1.165) is 4.90 Å². The zero-order chi connectivity index (χ0) is 12.2. The van der Waals surface area contributed by atoms with Crippen LogP contribution in [0, 0.1) is 0 Å². The predicted octanol–water partition coefficient (Wildman–Crippen LogP) is 0.896. The average Bonchev–Trinajstić information content (AvgIpc) is 2.25. The summed E-state index contributed by atoms with van der Waals surface area (Å²) in [5, 5.41) is 3.04.